The van der Waals surface area contributed by atoms with Crippen LogP contribution in [-0.2, 0) is 38.1 Å². The molecule has 8 aliphatic rings. The summed E-state index contributed by atoms with van der Waals surface area (Å²) < 4.78 is 24.2. The topological polar surface area (TPSA) is 149 Å². The van der Waals surface area contributed by atoms with Gasteiger partial charge in [-0.3, -0.25) is 9.59 Å². The van der Waals surface area contributed by atoms with Crippen LogP contribution in [0.2, 0.25) is 0 Å². The van der Waals surface area contributed by atoms with Gasteiger partial charge in [-0.15, -0.1) is 0 Å². The third-order valence-corrected chi connectivity index (χ3v) is 12.3. The smallest absolute Gasteiger partial charge is 0.342 e. The molecule has 0 aromatic heterocycles. The molecule has 4 bridgehead atoms. The minimum Gasteiger partial charge on any atom is -0.455 e. The first kappa shape index (κ1) is 23.5. The second-order valence-electron chi connectivity index (χ2n) is 13.3. The van der Waals surface area contributed by atoms with Crippen molar-refractivity contribution in [2.45, 2.75) is 93.3 Å². The van der Waals surface area contributed by atoms with Crippen molar-refractivity contribution in [3.05, 3.63) is 24.3 Å². The lowest BCUT2D eigenvalue weighted by Crippen LogP contribution is -2.77. The fourth-order valence-corrected chi connectivity index (χ4v) is 10.2. The number of Topliss-reactive ketones (excluding diaryl/α,β-unsaturated/α-hetero) is 1. The molecule has 10 nitrogen and oxygen atoms in total. The number of ketones is 2. The highest BCUT2D eigenvalue weighted by Gasteiger charge is 2.92. The number of carbonyl (C=O) groups excluding carboxylic acids is 4. The van der Waals surface area contributed by atoms with Crippen molar-refractivity contribution in [1.82, 2.24) is 0 Å². The first-order valence-corrected chi connectivity index (χ1v) is 13.4. The van der Waals surface area contributed by atoms with Gasteiger partial charge in [-0.1, -0.05) is 19.6 Å². The number of carbonyl (C=O) groups is 4. The van der Waals surface area contributed by atoms with E-state index in [4.69, 9.17) is 18.9 Å². The normalized spacial score (nSPS) is 61.1. The molecule has 2 spiro atoms. The van der Waals surface area contributed by atoms with E-state index in [0.717, 1.165) is 0 Å². The Morgan fingerprint density at radius 2 is 1.79 bits per heavy atom. The first-order chi connectivity index (χ1) is 17.7. The molecule has 5 heterocycles. The van der Waals surface area contributed by atoms with Gasteiger partial charge in [0.2, 0.25) is 5.79 Å². The maximum atomic E-state index is 14.6. The Balaban J connectivity index is 1.39. The predicted octanol–water partition coefficient (Wildman–Crippen LogP) is 0.670. The quantitative estimate of drug-likeness (QED) is 0.262. The van der Waals surface area contributed by atoms with Crippen molar-refractivity contribution in [2.75, 3.05) is 0 Å². The van der Waals surface area contributed by atoms with E-state index in [0.29, 0.717) is 6.42 Å². The molecule has 12 atom stereocenters. The van der Waals surface area contributed by atoms with Gasteiger partial charge in [-0.2, -0.15) is 0 Å². The summed E-state index contributed by atoms with van der Waals surface area (Å²) >= 11 is 0. The molecule has 10 heteroatoms. The van der Waals surface area contributed by atoms with Crippen molar-refractivity contribution in [2.24, 2.45) is 28.6 Å². The van der Waals surface area contributed by atoms with Crippen LogP contribution in [0.3, 0.4) is 0 Å². The summed E-state index contributed by atoms with van der Waals surface area (Å²) in [5.41, 5.74) is -9.24. The number of rotatable bonds is 0. The number of ether oxygens (including phenoxy) is 4. The lowest BCUT2D eigenvalue weighted by molar-refractivity contribution is -0.342. The summed E-state index contributed by atoms with van der Waals surface area (Å²) in [6.07, 6.45) is 2.80. The molecule has 3 aliphatic carbocycles. The largest absolute Gasteiger partial charge is 0.455 e. The molecular weight excluding hydrogens is 496 g/mol. The maximum absolute atomic E-state index is 14.6. The van der Waals surface area contributed by atoms with Gasteiger partial charge < -0.3 is 29.2 Å². The molecule has 2 N–H and O–H groups in total. The second kappa shape index (κ2) is 6.01. The minimum atomic E-state index is -2.47. The predicted molar refractivity (Wildman–Crippen MR) is 124 cm³/mol. The van der Waals surface area contributed by atoms with Crippen molar-refractivity contribution >= 4 is 23.5 Å². The van der Waals surface area contributed by atoms with Crippen LogP contribution >= 0.6 is 0 Å². The molecule has 0 amide bonds. The zero-order valence-electron chi connectivity index (χ0n) is 21.4. The van der Waals surface area contributed by atoms with Crippen LogP contribution in [0.15, 0.2) is 24.3 Å². The van der Waals surface area contributed by atoms with Crippen LogP contribution in [0, 0.1) is 28.6 Å². The van der Waals surface area contributed by atoms with Gasteiger partial charge in [-0.05, 0) is 57.9 Å². The molecule has 0 unspecified atom stereocenters. The molecule has 2 saturated carbocycles. The lowest BCUT2D eigenvalue weighted by Gasteiger charge is -2.60. The van der Waals surface area contributed by atoms with E-state index in [1.165, 1.54) is 13.0 Å². The third kappa shape index (κ3) is 1.91. The van der Waals surface area contributed by atoms with Crippen LogP contribution in [0.1, 0.15) is 52.9 Å². The van der Waals surface area contributed by atoms with E-state index in [-0.39, 0.29) is 43.1 Å². The van der Waals surface area contributed by atoms with Crippen molar-refractivity contribution < 1.29 is 48.3 Å². The summed E-state index contributed by atoms with van der Waals surface area (Å²) in [6, 6.07) is 0. The van der Waals surface area contributed by atoms with Crippen molar-refractivity contribution in [1.29, 1.82) is 0 Å². The Labute approximate surface area is 218 Å². The van der Waals surface area contributed by atoms with Crippen LogP contribution in [0.5, 0.6) is 0 Å². The number of epoxide rings is 1. The molecule has 8 rings (SSSR count). The van der Waals surface area contributed by atoms with E-state index in [9.17, 15) is 29.4 Å². The van der Waals surface area contributed by atoms with E-state index in [1.807, 2.05) is 0 Å². The highest BCUT2D eigenvalue weighted by molar-refractivity contribution is 6.02. The van der Waals surface area contributed by atoms with E-state index >= 15 is 0 Å². The van der Waals surface area contributed by atoms with E-state index in [2.05, 4.69) is 6.58 Å². The number of hydrogen-bond acceptors (Lipinski definition) is 10. The average molecular weight is 527 g/mol. The highest BCUT2D eigenvalue weighted by atomic mass is 16.7. The Morgan fingerprint density at radius 1 is 1.05 bits per heavy atom. The summed E-state index contributed by atoms with van der Waals surface area (Å²) in [5, 5.41) is 24.8. The summed E-state index contributed by atoms with van der Waals surface area (Å²) in [6.45, 7) is 8.91. The second-order valence-corrected chi connectivity index (χ2v) is 13.3. The van der Waals surface area contributed by atoms with Gasteiger partial charge in [0.1, 0.15) is 11.7 Å². The van der Waals surface area contributed by atoms with Crippen LogP contribution < -0.4 is 0 Å². The molecule has 5 saturated heterocycles. The Kier molecular flexibility index (Phi) is 3.72. The van der Waals surface area contributed by atoms with Crippen molar-refractivity contribution in [3.63, 3.8) is 0 Å². The monoisotopic (exact) mass is 526 g/mol. The molecule has 0 aromatic carbocycles. The summed E-state index contributed by atoms with van der Waals surface area (Å²) in [5.74, 6) is -7.90. The van der Waals surface area contributed by atoms with Gasteiger partial charge in [-0.25, -0.2) is 9.59 Å². The molecule has 0 radical (unpaired) electrons. The molecule has 5 aliphatic heterocycles. The molecule has 202 valence electrons. The number of aliphatic hydroxyl groups is 2. The fourth-order valence-electron chi connectivity index (χ4n) is 10.2. The summed E-state index contributed by atoms with van der Waals surface area (Å²) in [4.78, 5) is 54.7. The Bertz CT molecular complexity index is 1350. The van der Waals surface area contributed by atoms with Crippen molar-refractivity contribution in [3.8, 4) is 0 Å². The average Bonchev–Trinajstić information content (AvgIpc) is 3.45. The van der Waals surface area contributed by atoms with Crippen LogP contribution in [0.25, 0.3) is 0 Å². The number of hydrogen-bond donors (Lipinski definition) is 2. The maximum Gasteiger partial charge on any atom is 0.342 e. The van der Waals surface area contributed by atoms with E-state index < -0.39 is 80.6 Å². The standard InChI is InChI=1S/C28H30O10/c1-12-20(31)35-17-11-22(12,2)18-19(30)27(34)14-10-16-26(36-16)8-5-6-15(29)23(26,3)13(14)7-9-25(33)21(32)37-24(17,4)28(18,25)38-27/h5-6,13-14,16-18,33-34H,1,7-11H2,2-4H3/t13-,14+,16-,17+,18-,22+,23-,24-,25-,26-,27+,28-/m0/s1. The van der Waals surface area contributed by atoms with Gasteiger partial charge in [0.05, 0.1) is 17.4 Å². The Hall–Kier alpha value is -2.40. The Morgan fingerprint density at radius 3 is 2.53 bits per heavy atom. The summed E-state index contributed by atoms with van der Waals surface area (Å²) in [7, 11) is 0. The van der Waals surface area contributed by atoms with Gasteiger partial charge in [0, 0.05) is 16.9 Å². The number of esters is 2. The number of allylic oxidation sites excluding steroid dienone is 1. The fraction of sp³-hybridized carbons (Fsp3) is 0.714. The van der Waals surface area contributed by atoms with Gasteiger partial charge >= 0.3 is 11.9 Å². The first-order valence-electron chi connectivity index (χ1n) is 13.4. The van der Waals surface area contributed by atoms with Gasteiger partial charge in [0.15, 0.2) is 28.4 Å². The molecular formula is C28H30O10. The van der Waals surface area contributed by atoms with Crippen LogP contribution in [0.4, 0.5) is 0 Å². The van der Waals surface area contributed by atoms with E-state index in [1.54, 1.807) is 19.9 Å². The lowest BCUT2D eigenvalue weighted by atomic mass is 9.47. The van der Waals surface area contributed by atoms with Crippen LogP contribution in [-0.4, -0.2) is 74.1 Å². The third-order valence-electron chi connectivity index (χ3n) is 12.3. The molecule has 7 fully saturated rings. The minimum absolute atomic E-state index is 0.0200. The highest BCUT2D eigenvalue weighted by Crippen LogP contribution is 2.75. The molecule has 38 heavy (non-hydrogen) atoms. The molecule has 0 aromatic rings. The zero-order valence-corrected chi connectivity index (χ0v) is 21.4. The van der Waals surface area contributed by atoms with Gasteiger partial charge in [0.25, 0.3) is 0 Å². The number of fused-ring (bicyclic) bond motifs is 8. The zero-order chi connectivity index (χ0) is 27.1. The SMILES string of the molecule is C=C1C(=O)O[C@@H]2C[C@@]1(C)[C@@H]1C(=O)[C@]3(O)O[C@]14[C@@]2(C)OC(=O)[C@@]4(O)CC[C@H]1[C@H]3C[C@@H]2O[C@@]23CC=CC(=O)[C@]13C.